The highest BCUT2D eigenvalue weighted by Gasteiger charge is 2.11. The van der Waals surface area contributed by atoms with Crippen molar-refractivity contribution in [2.75, 3.05) is 14.2 Å². The van der Waals surface area contributed by atoms with Gasteiger partial charge in [0, 0.05) is 10.6 Å². The van der Waals surface area contributed by atoms with E-state index in [1.165, 1.54) is 7.11 Å². The number of aromatic carboxylic acids is 1. The molecular weight excluding hydrogens is 288 g/mol. The minimum Gasteiger partial charge on any atom is -0.497 e. The standard InChI is InChI=1S/C16H16O4S/c1-19-12-4-6-13(7-5-12)21-10-11-3-8-14(16(17)18)15(9-11)20-2/h3-9H,10H2,1-2H3,(H,17,18). The van der Waals surface area contributed by atoms with E-state index < -0.39 is 5.97 Å². The third-order valence-electron chi connectivity index (χ3n) is 2.96. The van der Waals surface area contributed by atoms with E-state index in [9.17, 15) is 4.79 Å². The molecule has 4 nitrogen and oxygen atoms in total. The van der Waals surface area contributed by atoms with E-state index >= 15 is 0 Å². The molecule has 2 aromatic rings. The molecule has 0 spiro atoms. The first-order valence-electron chi connectivity index (χ1n) is 6.31. The van der Waals surface area contributed by atoms with E-state index in [-0.39, 0.29) is 5.56 Å². The maximum Gasteiger partial charge on any atom is 0.339 e. The fourth-order valence-electron chi connectivity index (χ4n) is 1.84. The largest absolute Gasteiger partial charge is 0.497 e. The summed E-state index contributed by atoms with van der Waals surface area (Å²) in [5, 5.41) is 9.05. The summed E-state index contributed by atoms with van der Waals surface area (Å²) in [5.74, 6) is 0.964. The van der Waals surface area contributed by atoms with Gasteiger partial charge < -0.3 is 14.6 Å². The fourth-order valence-corrected chi connectivity index (χ4v) is 2.68. The molecule has 110 valence electrons. The maximum absolute atomic E-state index is 11.0. The first kappa shape index (κ1) is 15.3. The van der Waals surface area contributed by atoms with Crippen LogP contribution in [-0.2, 0) is 5.75 Å². The van der Waals surface area contributed by atoms with Crippen molar-refractivity contribution in [3.05, 3.63) is 53.6 Å². The number of carbonyl (C=O) groups is 1. The van der Waals surface area contributed by atoms with Gasteiger partial charge in [-0.05, 0) is 42.0 Å². The van der Waals surface area contributed by atoms with E-state index in [0.717, 1.165) is 22.0 Å². The lowest BCUT2D eigenvalue weighted by atomic mass is 10.1. The molecule has 0 heterocycles. The average molecular weight is 304 g/mol. The van der Waals surface area contributed by atoms with Crippen LogP contribution in [0.5, 0.6) is 11.5 Å². The molecule has 21 heavy (non-hydrogen) atoms. The van der Waals surface area contributed by atoms with Crippen LogP contribution in [0.25, 0.3) is 0 Å². The van der Waals surface area contributed by atoms with Crippen LogP contribution in [0.15, 0.2) is 47.4 Å². The number of rotatable bonds is 6. The second kappa shape index (κ2) is 7.04. The molecule has 0 unspecified atom stereocenters. The number of hydrogen-bond donors (Lipinski definition) is 1. The van der Waals surface area contributed by atoms with Crippen molar-refractivity contribution in [1.82, 2.24) is 0 Å². The minimum absolute atomic E-state index is 0.177. The van der Waals surface area contributed by atoms with Gasteiger partial charge in [-0.15, -0.1) is 11.8 Å². The highest BCUT2D eigenvalue weighted by Crippen LogP contribution is 2.27. The normalized spacial score (nSPS) is 10.2. The molecule has 0 amide bonds. The Kier molecular flexibility index (Phi) is 5.11. The predicted octanol–water partition coefficient (Wildman–Crippen LogP) is 3.69. The summed E-state index contributed by atoms with van der Waals surface area (Å²) in [7, 11) is 3.11. The molecule has 2 rings (SSSR count). The molecule has 0 aromatic heterocycles. The lowest BCUT2D eigenvalue weighted by Crippen LogP contribution is -2.00. The molecule has 2 aromatic carbocycles. The van der Waals surface area contributed by atoms with Crippen molar-refractivity contribution in [1.29, 1.82) is 0 Å². The zero-order chi connectivity index (χ0) is 15.2. The van der Waals surface area contributed by atoms with Crippen LogP contribution in [-0.4, -0.2) is 25.3 Å². The Morgan fingerprint density at radius 3 is 2.38 bits per heavy atom. The second-order valence-corrected chi connectivity index (χ2v) is 5.35. The second-order valence-electron chi connectivity index (χ2n) is 4.30. The highest BCUT2D eigenvalue weighted by atomic mass is 32.2. The summed E-state index contributed by atoms with van der Waals surface area (Å²) in [5.41, 5.74) is 1.19. The molecule has 0 atom stereocenters. The number of ether oxygens (including phenoxy) is 2. The molecule has 0 bridgehead atoms. The van der Waals surface area contributed by atoms with Crippen molar-refractivity contribution in [3.63, 3.8) is 0 Å². The van der Waals surface area contributed by atoms with Gasteiger partial charge in [-0.2, -0.15) is 0 Å². The third kappa shape index (κ3) is 3.92. The highest BCUT2D eigenvalue weighted by molar-refractivity contribution is 7.98. The van der Waals surface area contributed by atoms with E-state index in [0.29, 0.717) is 5.75 Å². The van der Waals surface area contributed by atoms with Gasteiger partial charge in [0.1, 0.15) is 17.1 Å². The molecule has 0 saturated carbocycles. The lowest BCUT2D eigenvalue weighted by Gasteiger charge is -2.08. The topological polar surface area (TPSA) is 55.8 Å². The van der Waals surface area contributed by atoms with Crippen LogP contribution in [0.2, 0.25) is 0 Å². The number of thioether (sulfide) groups is 1. The Bertz CT molecular complexity index is 623. The Balaban J connectivity index is 2.07. The summed E-state index contributed by atoms with van der Waals surface area (Å²) in [6.07, 6.45) is 0. The zero-order valence-corrected chi connectivity index (χ0v) is 12.6. The summed E-state index contributed by atoms with van der Waals surface area (Å²) in [4.78, 5) is 12.2. The van der Waals surface area contributed by atoms with Crippen LogP contribution in [0.1, 0.15) is 15.9 Å². The van der Waals surface area contributed by atoms with Gasteiger partial charge in [0.15, 0.2) is 0 Å². The van der Waals surface area contributed by atoms with Crippen LogP contribution >= 0.6 is 11.8 Å². The van der Waals surface area contributed by atoms with Gasteiger partial charge in [-0.25, -0.2) is 4.79 Å². The Morgan fingerprint density at radius 1 is 1.10 bits per heavy atom. The summed E-state index contributed by atoms with van der Waals surface area (Å²) in [6, 6.07) is 13.0. The molecule has 5 heteroatoms. The first-order valence-corrected chi connectivity index (χ1v) is 7.29. The Hall–Kier alpha value is -2.14. The Morgan fingerprint density at radius 2 is 1.81 bits per heavy atom. The monoisotopic (exact) mass is 304 g/mol. The van der Waals surface area contributed by atoms with Gasteiger partial charge in [0.25, 0.3) is 0 Å². The maximum atomic E-state index is 11.0. The van der Waals surface area contributed by atoms with Crippen LogP contribution in [0.4, 0.5) is 0 Å². The lowest BCUT2D eigenvalue weighted by molar-refractivity contribution is 0.0693. The first-order chi connectivity index (χ1) is 10.1. The number of carboxylic acids is 1. The quantitative estimate of drug-likeness (QED) is 0.825. The van der Waals surface area contributed by atoms with Crippen LogP contribution in [0, 0.1) is 0 Å². The van der Waals surface area contributed by atoms with Crippen molar-refractivity contribution in [2.45, 2.75) is 10.6 Å². The summed E-state index contributed by atoms with van der Waals surface area (Å²) >= 11 is 1.67. The van der Waals surface area contributed by atoms with E-state index in [1.807, 2.05) is 30.3 Å². The number of hydrogen-bond acceptors (Lipinski definition) is 4. The van der Waals surface area contributed by atoms with Crippen molar-refractivity contribution >= 4 is 17.7 Å². The minimum atomic E-state index is -0.985. The van der Waals surface area contributed by atoms with Crippen molar-refractivity contribution < 1.29 is 19.4 Å². The third-order valence-corrected chi connectivity index (χ3v) is 4.04. The smallest absolute Gasteiger partial charge is 0.339 e. The molecule has 0 aliphatic rings. The van der Waals surface area contributed by atoms with E-state index in [1.54, 1.807) is 31.0 Å². The number of carboxylic acid groups (broad SMARTS) is 1. The van der Waals surface area contributed by atoms with Gasteiger partial charge in [-0.1, -0.05) is 6.07 Å². The molecule has 0 fully saturated rings. The van der Waals surface area contributed by atoms with E-state index in [4.69, 9.17) is 14.6 Å². The number of methoxy groups -OCH3 is 2. The van der Waals surface area contributed by atoms with Gasteiger partial charge in [-0.3, -0.25) is 0 Å². The van der Waals surface area contributed by atoms with Gasteiger partial charge in [0.2, 0.25) is 0 Å². The summed E-state index contributed by atoms with van der Waals surface area (Å²) < 4.78 is 10.2. The fraction of sp³-hybridized carbons (Fsp3) is 0.188. The number of benzene rings is 2. The molecule has 0 saturated heterocycles. The van der Waals surface area contributed by atoms with Crippen LogP contribution in [0.3, 0.4) is 0 Å². The molecule has 1 N–H and O–H groups in total. The molecule has 0 radical (unpaired) electrons. The molecular formula is C16H16O4S. The SMILES string of the molecule is COc1ccc(SCc2ccc(C(=O)O)c(OC)c2)cc1. The summed E-state index contributed by atoms with van der Waals surface area (Å²) in [6.45, 7) is 0. The average Bonchev–Trinajstić information content (AvgIpc) is 2.52. The Labute approximate surface area is 127 Å². The molecule has 0 aliphatic heterocycles. The predicted molar refractivity (Wildman–Crippen MR) is 82.5 cm³/mol. The zero-order valence-electron chi connectivity index (χ0n) is 11.8. The van der Waals surface area contributed by atoms with E-state index in [2.05, 4.69) is 0 Å². The van der Waals surface area contributed by atoms with Gasteiger partial charge >= 0.3 is 5.97 Å². The van der Waals surface area contributed by atoms with Crippen molar-refractivity contribution in [3.8, 4) is 11.5 Å². The molecule has 0 aliphatic carbocycles. The van der Waals surface area contributed by atoms with Gasteiger partial charge in [0.05, 0.1) is 14.2 Å². The van der Waals surface area contributed by atoms with Crippen molar-refractivity contribution in [2.24, 2.45) is 0 Å². The van der Waals surface area contributed by atoms with Crippen LogP contribution < -0.4 is 9.47 Å².